The van der Waals surface area contributed by atoms with Crippen molar-refractivity contribution in [2.75, 3.05) is 5.43 Å². The highest BCUT2D eigenvalue weighted by Crippen LogP contribution is 2.29. The number of para-hydroxylation sites is 1. The molecule has 6 nitrogen and oxygen atoms in total. The highest BCUT2D eigenvalue weighted by atomic mass is 79.9. The summed E-state index contributed by atoms with van der Waals surface area (Å²) in [7, 11) is 0. The second-order valence-electron chi connectivity index (χ2n) is 6.93. The van der Waals surface area contributed by atoms with E-state index in [-0.39, 0.29) is 5.56 Å². The first-order valence-electron chi connectivity index (χ1n) is 9.61. The quantitative estimate of drug-likeness (QED) is 0.274. The fraction of sp³-hybridized carbons (Fsp3) is 0. The lowest BCUT2D eigenvalue weighted by atomic mass is 10.1. The molecule has 0 aliphatic heterocycles. The summed E-state index contributed by atoms with van der Waals surface area (Å²) in [5.74, 6) is 0.349. The van der Waals surface area contributed by atoms with Crippen molar-refractivity contribution in [1.82, 2.24) is 15.0 Å². The highest BCUT2D eigenvalue weighted by molar-refractivity contribution is 9.10. The van der Waals surface area contributed by atoms with Crippen LogP contribution in [0.3, 0.4) is 0 Å². The standard InChI is InChI=1S/C24H16BrN5O/c25-18-10-11-21-19(13-18)22(15-6-2-1-3-7-15)29-24(28-21)30-26-14-17-12-16-8-4-5-9-20(16)27-23(17)31/h1-14H,(H,27,31)(H,28,29,30). The average molecular weight is 470 g/mol. The zero-order chi connectivity index (χ0) is 21.2. The molecule has 2 heterocycles. The van der Waals surface area contributed by atoms with E-state index in [1.807, 2.05) is 72.8 Å². The molecule has 31 heavy (non-hydrogen) atoms. The number of anilines is 1. The molecule has 0 atom stereocenters. The number of halogens is 1. The summed E-state index contributed by atoms with van der Waals surface area (Å²) >= 11 is 3.52. The van der Waals surface area contributed by atoms with Crippen LogP contribution in [0, 0.1) is 0 Å². The number of benzene rings is 3. The molecule has 0 fully saturated rings. The Kier molecular flexibility index (Phi) is 5.01. The van der Waals surface area contributed by atoms with Crippen molar-refractivity contribution in [3.8, 4) is 11.3 Å². The largest absolute Gasteiger partial charge is 0.321 e. The predicted octanol–water partition coefficient (Wildman–Crippen LogP) is 5.35. The van der Waals surface area contributed by atoms with E-state index in [0.717, 1.165) is 37.5 Å². The third-order valence-corrected chi connectivity index (χ3v) is 5.35. The fourth-order valence-corrected chi connectivity index (χ4v) is 3.75. The maximum Gasteiger partial charge on any atom is 0.257 e. The molecule has 0 unspecified atom stereocenters. The van der Waals surface area contributed by atoms with E-state index in [1.165, 1.54) is 6.21 Å². The monoisotopic (exact) mass is 469 g/mol. The predicted molar refractivity (Wildman–Crippen MR) is 128 cm³/mol. The van der Waals surface area contributed by atoms with Gasteiger partial charge in [-0.15, -0.1) is 0 Å². The molecule has 150 valence electrons. The van der Waals surface area contributed by atoms with E-state index in [2.05, 4.69) is 41.4 Å². The Hall–Kier alpha value is -3.84. The van der Waals surface area contributed by atoms with Crippen LogP contribution >= 0.6 is 15.9 Å². The Morgan fingerprint density at radius 1 is 0.935 bits per heavy atom. The van der Waals surface area contributed by atoms with Gasteiger partial charge in [-0.3, -0.25) is 4.79 Å². The second kappa shape index (κ2) is 8.12. The first-order valence-corrected chi connectivity index (χ1v) is 10.4. The minimum Gasteiger partial charge on any atom is -0.321 e. The van der Waals surface area contributed by atoms with Crippen LogP contribution in [0.4, 0.5) is 5.95 Å². The number of hydrazone groups is 1. The topological polar surface area (TPSA) is 83.0 Å². The van der Waals surface area contributed by atoms with Crippen LogP contribution in [0.5, 0.6) is 0 Å². The zero-order valence-electron chi connectivity index (χ0n) is 16.2. The van der Waals surface area contributed by atoms with Gasteiger partial charge in [0, 0.05) is 20.9 Å². The molecule has 0 amide bonds. The molecule has 5 rings (SSSR count). The van der Waals surface area contributed by atoms with E-state index in [0.29, 0.717) is 11.5 Å². The number of fused-ring (bicyclic) bond motifs is 2. The Bertz CT molecular complexity index is 1500. The van der Waals surface area contributed by atoms with Gasteiger partial charge in [0.1, 0.15) is 0 Å². The van der Waals surface area contributed by atoms with Crippen LogP contribution in [-0.2, 0) is 0 Å². The van der Waals surface area contributed by atoms with E-state index in [9.17, 15) is 4.79 Å². The minimum absolute atomic E-state index is 0.210. The van der Waals surface area contributed by atoms with Crippen LogP contribution < -0.4 is 11.0 Å². The lowest BCUT2D eigenvalue weighted by Crippen LogP contribution is -2.12. The fourth-order valence-electron chi connectivity index (χ4n) is 3.39. The van der Waals surface area contributed by atoms with Gasteiger partial charge in [-0.2, -0.15) is 5.10 Å². The number of nitrogens with one attached hydrogen (secondary N) is 2. The number of pyridine rings is 1. The van der Waals surface area contributed by atoms with E-state index < -0.39 is 0 Å². The van der Waals surface area contributed by atoms with Crippen LogP contribution in [0.1, 0.15) is 5.56 Å². The third kappa shape index (κ3) is 3.95. The molecule has 5 aromatic rings. The van der Waals surface area contributed by atoms with Crippen molar-refractivity contribution in [3.05, 3.63) is 99.3 Å². The van der Waals surface area contributed by atoms with Crippen LogP contribution in [0.2, 0.25) is 0 Å². The third-order valence-electron chi connectivity index (χ3n) is 4.86. The Labute approximate surface area is 185 Å². The van der Waals surface area contributed by atoms with Gasteiger partial charge in [0.05, 0.1) is 23.0 Å². The molecule has 0 saturated heterocycles. The molecule has 0 radical (unpaired) electrons. The van der Waals surface area contributed by atoms with Crippen LogP contribution in [0.25, 0.3) is 33.1 Å². The van der Waals surface area contributed by atoms with Gasteiger partial charge in [-0.05, 0) is 35.7 Å². The van der Waals surface area contributed by atoms with Crippen molar-refractivity contribution in [2.45, 2.75) is 0 Å². The molecule has 2 aromatic heterocycles. The molecule has 7 heteroatoms. The van der Waals surface area contributed by atoms with E-state index >= 15 is 0 Å². The lowest BCUT2D eigenvalue weighted by Gasteiger charge is -2.09. The molecule has 3 aromatic carbocycles. The summed E-state index contributed by atoms with van der Waals surface area (Å²) in [6.07, 6.45) is 1.47. The summed E-state index contributed by atoms with van der Waals surface area (Å²) in [6, 6.07) is 25.2. The second-order valence-corrected chi connectivity index (χ2v) is 7.85. The van der Waals surface area contributed by atoms with Gasteiger partial charge in [0.2, 0.25) is 5.95 Å². The molecule has 0 bridgehead atoms. The molecular weight excluding hydrogens is 454 g/mol. The van der Waals surface area contributed by atoms with Gasteiger partial charge in [-0.25, -0.2) is 15.4 Å². The maximum atomic E-state index is 12.3. The van der Waals surface area contributed by atoms with Crippen molar-refractivity contribution >= 4 is 49.9 Å². The number of rotatable bonds is 4. The summed E-state index contributed by atoms with van der Waals surface area (Å²) in [4.78, 5) is 24.4. The molecule has 0 aliphatic carbocycles. The smallest absolute Gasteiger partial charge is 0.257 e. The average Bonchev–Trinajstić information content (AvgIpc) is 2.79. The summed E-state index contributed by atoms with van der Waals surface area (Å²) in [6.45, 7) is 0. The van der Waals surface area contributed by atoms with Gasteiger partial charge in [0.25, 0.3) is 5.56 Å². The molecule has 0 saturated carbocycles. The molecule has 0 spiro atoms. The van der Waals surface area contributed by atoms with Gasteiger partial charge in [0.15, 0.2) is 0 Å². The summed E-state index contributed by atoms with van der Waals surface area (Å²) < 4.78 is 0.954. The SMILES string of the molecule is O=c1[nH]c2ccccc2cc1C=NNc1nc(-c2ccccc2)c2cc(Br)ccc2n1. The minimum atomic E-state index is -0.210. The zero-order valence-corrected chi connectivity index (χ0v) is 17.8. The lowest BCUT2D eigenvalue weighted by molar-refractivity contribution is 1.15. The summed E-state index contributed by atoms with van der Waals surface area (Å²) in [5, 5.41) is 6.07. The van der Waals surface area contributed by atoms with Gasteiger partial charge >= 0.3 is 0 Å². The first-order chi connectivity index (χ1) is 15.2. The van der Waals surface area contributed by atoms with Gasteiger partial charge < -0.3 is 4.98 Å². The number of hydrogen-bond donors (Lipinski definition) is 2. The molecule has 2 N–H and O–H groups in total. The maximum absolute atomic E-state index is 12.3. The number of nitrogens with zero attached hydrogens (tertiary/aromatic N) is 3. The van der Waals surface area contributed by atoms with Crippen LogP contribution in [0.15, 0.2) is 93.2 Å². The number of hydrogen-bond acceptors (Lipinski definition) is 5. The number of aromatic nitrogens is 3. The van der Waals surface area contributed by atoms with Crippen molar-refractivity contribution in [1.29, 1.82) is 0 Å². The highest BCUT2D eigenvalue weighted by Gasteiger charge is 2.10. The molecule has 0 aliphatic rings. The number of aromatic amines is 1. The summed E-state index contributed by atoms with van der Waals surface area (Å²) in [5.41, 5.74) is 6.46. The van der Waals surface area contributed by atoms with Crippen molar-refractivity contribution < 1.29 is 0 Å². The Morgan fingerprint density at radius 3 is 2.61 bits per heavy atom. The van der Waals surface area contributed by atoms with E-state index in [4.69, 9.17) is 0 Å². The van der Waals surface area contributed by atoms with Crippen molar-refractivity contribution in [2.24, 2.45) is 5.10 Å². The van der Waals surface area contributed by atoms with Gasteiger partial charge in [-0.1, -0.05) is 64.5 Å². The van der Waals surface area contributed by atoms with Crippen molar-refractivity contribution in [3.63, 3.8) is 0 Å². The molecular formula is C24H16BrN5O. The number of H-pyrrole nitrogens is 1. The normalized spacial score (nSPS) is 11.4. The Balaban J connectivity index is 1.52. The Morgan fingerprint density at radius 2 is 1.74 bits per heavy atom. The van der Waals surface area contributed by atoms with Crippen LogP contribution in [-0.4, -0.2) is 21.2 Å². The van der Waals surface area contributed by atoms with E-state index in [1.54, 1.807) is 6.07 Å². The first kappa shape index (κ1) is 19.1.